The van der Waals surface area contributed by atoms with Crippen LogP contribution < -0.4 is 4.74 Å². The molecule has 0 fully saturated rings. The lowest BCUT2D eigenvalue weighted by Crippen LogP contribution is -2.22. The third-order valence-corrected chi connectivity index (χ3v) is 5.05. The van der Waals surface area contributed by atoms with Crippen molar-refractivity contribution in [2.45, 2.75) is 4.90 Å². The smallest absolute Gasteiger partial charge is 0.343 e. The number of benzene rings is 2. The fourth-order valence-corrected chi connectivity index (χ4v) is 2.86. The standard InChI is InChI=1S/C15H13ClFNO4S/c1-18(2)23(20,21)12-5-3-4-10(8-12)15(19)22-14-7-6-11(17)9-13(14)16/h3-9H,1-2H3. The lowest BCUT2D eigenvalue weighted by molar-refractivity contribution is 0.0734. The van der Waals surface area contributed by atoms with Gasteiger partial charge >= 0.3 is 5.97 Å². The van der Waals surface area contributed by atoms with Gasteiger partial charge in [-0.15, -0.1) is 0 Å². The molecule has 5 nitrogen and oxygen atoms in total. The number of carbonyl (C=O) groups is 1. The van der Waals surface area contributed by atoms with Crippen molar-refractivity contribution in [3.63, 3.8) is 0 Å². The number of sulfonamides is 1. The van der Waals surface area contributed by atoms with Crippen LogP contribution in [0.25, 0.3) is 0 Å². The van der Waals surface area contributed by atoms with Crippen molar-refractivity contribution in [1.29, 1.82) is 0 Å². The molecular formula is C15H13ClFNO4S. The van der Waals surface area contributed by atoms with Crippen LogP contribution in [-0.4, -0.2) is 32.8 Å². The molecule has 0 aliphatic rings. The maximum Gasteiger partial charge on any atom is 0.343 e. The first-order valence-electron chi connectivity index (χ1n) is 6.41. The molecule has 0 bridgehead atoms. The molecule has 122 valence electrons. The Morgan fingerprint density at radius 1 is 1.17 bits per heavy atom. The van der Waals surface area contributed by atoms with Crippen LogP contribution in [0.2, 0.25) is 5.02 Å². The predicted molar refractivity (Wildman–Crippen MR) is 83.7 cm³/mol. The SMILES string of the molecule is CN(C)S(=O)(=O)c1cccc(C(=O)Oc2ccc(F)cc2Cl)c1. The number of esters is 1. The molecule has 0 saturated heterocycles. The Balaban J connectivity index is 2.30. The van der Waals surface area contributed by atoms with E-state index in [0.29, 0.717) is 0 Å². The Bertz CT molecular complexity index is 852. The monoisotopic (exact) mass is 357 g/mol. The molecule has 8 heteroatoms. The predicted octanol–water partition coefficient (Wildman–Crippen LogP) is 2.95. The Kier molecular flexibility index (Phi) is 5.03. The van der Waals surface area contributed by atoms with Crippen LogP contribution in [0.4, 0.5) is 4.39 Å². The van der Waals surface area contributed by atoms with E-state index in [-0.39, 0.29) is 21.2 Å². The van der Waals surface area contributed by atoms with E-state index in [0.717, 1.165) is 16.4 Å². The molecule has 0 saturated carbocycles. The summed E-state index contributed by atoms with van der Waals surface area (Å²) in [6.45, 7) is 0. The number of nitrogens with zero attached hydrogens (tertiary/aromatic N) is 1. The Labute approximate surface area is 138 Å². The van der Waals surface area contributed by atoms with Crippen LogP contribution in [-0.2, 0) is 10.0 Å². The normalized spacial score (nSPS) is 11.5. The molecule has 0 amide bonds. The number of rotatable bonds is 4. The third-order valence-electron chi connectivity index (χ3n) is 2.94. The average Bonchev–Trinajstić information content (AvgIpc) is 2.50. The number of carbonyl (C=O) groups excluding carboxylic acids is 1. The summed E-state index contributed by atoms with van der Waals surface area (Å²) < 4.78 is 43.2. The average molecular weight is 358 g/mol. The Hall–Kier alpha value is -1.96. The fourth-order valence-electron chi connectivity index (χ4n) is 1.71. The van der Waals surface area contributed by atoms with Crippen LogP contribution in [0, 0.1) is 5.82 Å². The summed E-state index contributed by atoms with van der Waals surface area (Å²) in [5.74, 6) is -1.37. The summed E-state index contributed by atoms with van der Waals surface area (Å²) in [7, 11) is -0.895. The summed E-state index contributed by atoms with van der Waals surface area (Å²) in [6.07, 6.45) is 0. The molecule has 0 unspecified atom stereocenters. The summed E-state index contributed by atoms with van der Waals surface area (Å²) >= 11 is 5.79. The van der Waals surface area contributed by atoms with E-state index < -0.39 is 21.8 Å². The van der Waals surface area contributed by atoms with E-state index >= 15 is 0 Å². The van der Waals surface area contributed by atoms with E-state index in [2.05, 4.69) is 0 Å². The van der Waals surface area contributed by atoms with Crippen molar-refractivity contribution in [3.05, 3.63) is 58.9 Å². The zero-order valence-corrected chi connectivity index (χ0v) is 13.9. The van der Waals surface area contributed by atoms with Crippen molar-refractivity contribution in [3.8, 4) is 5.75 Å². The van der Waals surface area contributed by atoms with Gasteiger partial charge in [0.25, 0.3) is 0 Å². The van der Waals surface area contributed by atoms with Gasteiger partial charge in [0.1, 0.15) is 11.6 Å². The lowest BCUT2D eigenvalue weighted by Gasteiger charge is -2.12. The highest BCUT2D eigenvalue weighted by molar-refractivity contribution is 7.89. The molecule has 23 heavy (non-hydrogen) atoms. The quantitative estimate of drug-likeness (QED) is 0.623. The van der Waals surface area contributed by atoms with Gasteiger partial charge in [-0.1, -0.05) is 17.7 Å². The van der Waals surface area contributed by atoms with Crippen LogP contribution in [0.3, 0.4) is 0 Å². The highest BCUT2D eigenvalue weighted by Crippen LogP contribution is 2.26. The van der Waals surface area contributed by atoms with Gasteiger partial charge in [0.2, 0.25) is 10.0 Å². The molecule has 2 aromatic rings. The topological polar surface area (TPSA) is 63.7 Å². The third kappa shape index (κ3) is 3.87. The maximum atomic E-state index is 13.0. The summed E-state index contributed by atoms with van der Waals surface area (Å²) in [5.41, 5.74) is 0.0355. The molecule has 0 atom stereocenters. The molecule has 0 aliphatic heterocycles. The first-order valence-corrected chi connectivity index (χ1v) is 8.23. The van der Waals surface area contributed by atoms with Crippen molar-refractivity contribution in [1.82, 2.24) is 4.31 Å². The van der Waals surface area contributed by atoms with Gasteiger partial charge < -0.3 is 4.74 Å². The van der Waals surface area contributed by atoms with Crippen LogP contribution in [0.5, 0.6) is 5.75 Å². The van der Waals surface area contributed by atoms with Gasteiger partial charge in [-0.3, -0.25) is 0 Å². The van der Waals surface area contributed by atoms with Gasteiger partial charge in [-0.25, -0.2) is 21.9 Å². The highest BCUT2D eigenvalue weighted by atomic mass is 35.5. The van der Waals surface area contributed by atoms with Gasteiger partial charge in [0.15, 0.2) is 0 Å². The summed E-state index contributed by atoms with van der Waals surface area (Å²) in [4.78, 5) is 12.1. The van der Waals surface area contributed by atoms with E-state index in [9.17, 15) is 17.6 Å². The first kappa shape index (κ1) is 17.4. The molecule has 0 spiro atoms. The van der Waals surface area contributed by atoms with E-state index in [4.69, 9.17) is 16.3 Å². The Morgan fingerprint density at radius 2 is 1.87 bits per heavy atom. The van der Waals surface area contributed by atoms with Crippen molar-refractivity contribution in [2.24, 2.45) is 0 Å². The molecule has 0 radical (unpaired) electrons. The number of halogens is 2. The first-order chi connectivity index (χ1) is 10.7. The van der Waals surface area contributed by atoms with Crippen molar-refractivity contribution < 1.29 is 22.3 Å². The minimum absolute atomic E-state index is 0.0149. The van der Waals surface area contributed by atoms with Gasteiger partial charge in [-0.2, -0.15) is 0 Å². The fraction of sp³-hybridized carbons (Fsp3) is 0.133. The minimum atomic E-state index is -3.67. The molecule has 0 aliphatic carbocycles. The maximum absolute atomic E-state index is 13.0. The van der Waals surface area contributed by atoms with Crippen molar-refractivity contribution >= 4 is 27.6 Å². The van der Waals surface area contributed by atoms with Gasteiger partial charge in [0.05, 0.1) is 15.5 Å². The van der Waals surface area contributed by atoms with Crippen molar-refractivity contribution in [2.75, 3.05) is 14.1 Å². The lowest BCUT2D eigenvalue weighted by atomic mass is 10.2. The second-order valence-electron chi connectivity index (χ2n) is 4.78. The number of hydrogen-bond donors (Lipinski definition) is 0. The number of hydrogen-bond acceptors (Lipinski definition) is 4. The molecule has 2 rings (SSSR count). The van der Waals surface area contributed by atoms with Crippen LogP contribution in [0.15, 0.2) is 47.4 Å². The summed E-state index contributed by atoms with van der Waals surface area (Å²) in [6, 6.07) is 8.74. The highest BCUT2D eigenvalue weighted by Gasteiger charge is 2.19. The summed E-state index contributed by atoms with van der Waals surface area (Å²) in [5, 5.41) is -0.0598. The van der Waals surface area contributed by atoms with Gasteiger partial charge in [-0.05, 0) is 36.4 Å². The Morgan fingerprint density at radius 3 is 2.48 bits per heavy atom. The zero-order chi connectivity index (χ0) is 17.2. The van der Waals surface area contributed by atoms with E-state index in [1.807, 2.05) is 0 Å². The molecule has 0 N–H and O–H groups in total. The van der Waals surface area contributed by atoms with Gasteiger partial charge in [0, 0.05) is 14.1 Å². The molecule has 0 heterocycles. The van der Waals surface area contributed by atoms with Crippen LogP contribution >= 0.6 is 11.6 Å². The molecule has 0 aromatic heterocycles. The second-order valence-corrected chi connectivity index (χ2v) is 7.34. The van der Waals surface area contributed by atoms with E-state index in [1.165, 1.54) is 44.4 Å². The molecule has 2 aromatic carbocycles. The number of ether oxygens (including phenoxy) is 1. The van der Waals surface area contributed by atoms with Crippen LogP contribution in [0.1, 0.15) is 10.4 Å². The minimum Gasteiger partial charge on any atom is -0.421 e. The van der Waals surface area contributed by atoms with E-state index in [1.54, 1.807) is 0 Å². The zero-order valence-electron chi connectivity index (χ0n) is 12.3. The largest absolute Gasteiger partial charge is 0.421 e. The molecular weight excluding hydrogens is 345 g/mol. The second kappa shape index (κ2) is 6.66.